The standard InChI is InChI=1S/C11H24ClNO2/c1-11(5-3-6-12)13-7-10-15-9-4-8-14-2/h11,13H,3-10H2,1-2H3. The summed E-state index contributed by atoms with van der Waals surface area (Å²) in [6.07, 6.45) is 3.18. The van der Waals surface area contributed by atoms with Gasteiger partial charge in [-0.15, -0.1) is 11.6 Å². The van der Waals surface area contributed by atoms with E-state index in [0.29, 0.717) is 6.04 Å². The second-order valence-corrected chi connectivity index (χ2v) is 4.02. The Balaban J connectivity index is 3.02. The molecule has 0 aliphatic heterocycles. The lowest BCUT2D eigenvalue weighted by Gasteiger charge is -2.12. The molecule has 0 fully saturated rings. The lowest BCUT2D eigenvalue weighted by atomic mass is 10.2. The first-order chi connectivity index (χ1) is 7.31. The van der Waals surface area contributed by atoms with Crippen molar-refractivity contribution >= 4 is 11.6 Å². The number of rotatable bonds is 11. The lowest BCUT2D eigenvalue weighted by Crippen LogP contribution is -2.29. The summed E-state index contributed by atoms with van der Waals surface area (Å²) in [7, 11) is 1.71. The molecular formula is C11H24ClNO2. The molecule has 0 spiro atoms. The Bertz CT molecular complexity index is 125. The van der Waals surface area contributed by atoms with E-state index in [0.717, 1.165) is 51.5 Å². The molecule has 3 nitrogen and oxygen atoms in total. The van der Waals surface area contributed by atoms with Crippen molar-refractivity contribution in [3.8, 4) is 0 Å². The average Bonchev–Trinajstić information content (AvgIpc) is 2.25. The largest absolute Gasteiger partial charge is 0.385 e. The Kier molecular flexibility index (Phi) is 12.4. The number of halogens is 1. The summed E-state index contributed by atoms with van der Waals surface area (Å²) >= 11 is 5.61. The molecule has 0 radical (unpaired) electrons. The lowest BCUT2D eigenvalue weighted by molar-refractivity contribution is 0.103. The Labute approximate surface area is 98.5 Å². The zero-order valence-corrected chi connectivity index (χ0v) is 10.7. The first-order valence-corrected chi connectivity index (χ1v) is 6.20. The monoisotopic (exact) mass is 237 g/mol. The van der Waals surface area contributed by atoms with Gasteiger partial charge < -0.3 is 14.8 Å². The van der Waals surface area contributed by atoms with Gasteiger partial charge in [0.1, 0.15) is 0 Å². The maximum atomic E-state index is 5.61. The Hall–Kier alpha value is 0.170. The molecule has 0 aromatic rings. The first kappa shape index (κ1) is 15.2. The predicted molar refractivity (Wildman–Crippen MR) is 64.7 cm³/mol. The number of nitrogens with one attached hydrogen (secondary N) is 1. The minimum Gasteiger partial charge on any atom is -0.385 e. The van der Waals surface area contributed by atoms with E-state index in [1.165, 1.54) is 0 Å². The van der Waals surface area contributed by atoms with Crippen LogP contribution < -0.4 is 5.32 Å². The van der Waals surface area contributed by atoms with Crippen molar-refractivity contribution in [3.05, 3.63) is 0 Å². The van der Waals surface area contributed by atoms with Crippen LogP contribution in [0, 0.1) is 0 Å². The van der Waals surface area contributed by atoms with Gasteiger partial charge in [-0.05, 0) is 26.2 Å². The van der Waals surface area contributed by atoms with E-state index in [2.05, 4.69) is 12.2 Å². The van der Waals surface area contributed by atoms with Gasteiger partial charge in [-0.25, -0.2) is 0 Å². The number of ether oxygens (including phenoxy) is 2. The summed E-state index contributed by atoms with van der Waals surface area (Å²) in [4.78, 5) is 0. The van der Waals surface area contributed by atoms with E-state index in [1.807, 2.05) is 0 Å². The predicted octanol–water partition coefficient (Wildman–Crippen LogP) is 2.04. The van der Waals surface area contributed by atoms with Crippen molar-refractivity contribution < 1.29 is 9.47 Å². The molecule has 0 aliphatic carbocycles. The maximum absolute atomic E-state index is 5.61. The summed E-state index contributed by atoms with van der Waals surface area (Å²) in [6, 6.07) is 0.534. The van der Waals surface area contributed by atoms with E-state index < -0.39 is 0 Å². The topological polar surface area (TPSA) is 30.5 Å². The van der Waals surface area contributed by atoms with Gasteiger partial charge in [0.2, 0.25) is 0 Å². The number of alkyl halides is 1. The minimum absolute atomic E-state index is 0.534. The highest BCUT2D eigenvalue weighted by atomic mass is 35.5. The highest BCUT2D eigenvalue weighted by Gasteiger charge is 1.99. The van der Waals surface area contributed by atoms with Crippen LogP contribution in [0.4, 0.5) is 0 Å². The second-order valence-electron chi connectivity index (χ2n) is 3.65. The molecule has 4 heteroatoms. The van der Waals surface area contributed by atoms with Crippen molar-refractivity contribution in [1.82, 2.24) is 5.32 Å². The van der Waals surface area contributed by atoms with Gasteiger partial charge in [-0.3, -0.25) is 0 Å². The van der Waals surface area contributed by atoms with E-state index in [-0.39, 0.29) is 0 Å². The molecule has 0 aromatic heterocycles. The fraction of sp³-hybridized carbons (Fsp3) is 1.00. The van der Waals surface area contributed by atoms with Crippen LogP contribution in [0.15, 0.2) is 0 Å². The van der Waals surface area contributed by atoms with Crippen molar-refractivity contribution in [2.24, 2.45) is 0 Å². The molecule has 1 atom stereocenters. The van der Waals surface area contributed by atoms with Crippen LogP contribution in [0.5, 0.6) is 0 Å². The van der Waals surface area contributed by atoms with Crippen molar-refractivity contribution in [3.63, 3.8) is 0 Å². The Morgan fingerprint density at radius 2 is 2.00 bits per heavy atom. The number of hydrogen-bond acceptors (Lipinski definition) is 3. The van der Waals surface area contributed by atoms with Crippen molar-refractivity contribution in [2.75, 3.05) is 39.4 Å². The van der Waals surface area contributed by atoms with Crippen LogP contribution in [0.2, 0.25) is 0 Å². The van der Waals surface area contributed by atoms with Gasteiger partial charge in [0, 0.05) is 38.8 Å². The van der Waals surface area contributed by atoms with Crippen LogP contribution in [0.1, 0.15) is 26.2 Å². The smallest absolute Gasteiger partial charge is 0.0591 e. The van der Waals surface area contributed by atoms with Gasteiger partial charge in [0.25, 0.3) is 0 Å². The van der Waals surface area contributed by atoms with E-state index in [4.69, 9.17) is 21.1 Å². The molecule has 0 bridgehead atoms. The fourth-order valence-electron chi connectivity index (χ4n) is 1.27. The zero-order chi connectivity index (χ0) is 11.4. The van der Waals surface area contributed by atoms with Crippen molar-refractivity contribution in [2.45, 2.75) is 32.2 Å². The SMILES string of the molecule is COCCCOCCNC(C)CCCCl. The second kappa shape index (κ2) is 12.2. The van der Waals surface area contributed by atoms with E-state index in [1.54, 1.807) is 7.11 Å². The summed E-state index contributed by atoms with van der Waals surface area (Å²) in [5, 5.41) is 3.39. The molecule has 0 amide bonds. The quantitative estimate of drug-likeness (QED) is 0.441. The molecule has 0 saturated carbocycles. The van der Waals surface area contributed by atoms with E-state index in [9.17, 15) is 0 Å². The van der Waals surface area contributed by atoms with Crippen LogP contribution in [0.25, 0.3) is 0 Å². The van der Waals surface area contributed by atoms with Gasteiger partial charge in [0.05, 0.1) is 6.61 Å². The summed E-state index contributed by atoms with van der Waals surface area (Å²) < 4.78 is 10.3. The van der Waals surface area contributed by atoms with Gasteiger partial charge in [0.15, 0.2) is 0 Å². The zero-order valence-electron chi connectivity index (χ0n) is 9.93. The van der Waals surface area contributed by atoms with Gasteiger partial charge in [-0.1, -0.05) is 0 Å². The Morgan fingerprint density at radius 3 is 2.67 bits per heavy atom. The molecule has 0 aliphatic rings. The van der Waals surface area contributed by atoms with Crippen LogP contribution >= 0.6 is 11.6 Å². The Morgan fingerprint density at radius 1 is 1.20 bits per heavy atom. The molecule has 0 aromatic carbocycles. The van der Waals surface area contributed by atoms with E-state index >= 15 is 0 Å². The minimum atomic E-state index is 0.534. The van der Waals surface area contributed by atoms with Gasteiger partial charge >= 0.3 is 0 Å². The molecule has 1 N–H and O–H groups in total. The molecule has 1 unspecified atom stereocenters. The summed E-state index contributed by atoms with van der Waals surface area (Å²) in [5.74, 6) is 0.750. The molecule has 0 rings (SSSR count). The van der Waals surface area contributed by atoms with Crippen LogP contribution in [0.3, 0.4) is 0 Å². The highest BCUT2D eigenvalue weighted by Crippen LogP contribution is 1.97. The first-order valence-electron chi connectivity index (χ1n) is 5.67. The van der Waals surface area contributed by atoms with Gasteiger partial charge in [-0.2, -0.15) is 0 Å². The normalized spacial score (nSPS) is 13.0. The molecule has 15 heavy (non-hydrogen) atoms. The van der Waals surface area contributed by atoms with Crippen LogP contribution in [-0.4, -0.2) is 45.4 Å². The van der Waals surface area contributed by atoms with Crippen molar-refractivity contribution in [1.29, 1.82) is 0 Å². The highest BCUT2D eigenvalue weighted by molar-refractivity contribution is 6.17. The molecule has 92 valence electrons. The molecular weight excluding hydrogens is 214 g/mol. The third-order valence-electron chi connectivity index (χ3n) is 2.15. The fourth-order valence-corrected chi connectivity index (χ4v) is 1.42. The third-order valence-corrected chi connectivity index (χ3v) is 2.41. The number of hydrogen-bond donors (Lipinski definition) is 1. The van der Waals surface area contributed by atoms with Crippen LogP contribution in [-0.2, 0) is 9.47 Å². The number of methoxy groups -OCH3 is 1. The maximum Gasteiger partial charge on any atom is 0.0591 e. The summed E-state index contributed by atoms with van der Waals surface area (Å²) in [6.45, 7) is 5.42. The molecule has 0 heterocycles. The summed E-state index contributed by atoms with van der Waals surface area (Å²) in [5.41, 5.74) is 0. The molecule has 0 saturated heterocycles. The third kappa shape index (κ3) is 12.1. The average molecular weight is 238 g/mol.